The van der Waals surface area contributed by atoms with Crippen molar-refractivity contribution in [3.63, 3.8) is 0 Å². The Balaban J connectivity index is 2.05. The lowest BCUT2D eigenvalue weighted by atomic mass is 10.1. The third-order valence-corrected chi connectivity index (χ3v) is 4.90. The third kappa shape index (κ3) is 3.32. The van der Waals surface area contributed by atoms with Gasteiger partial charge in [-0.25, -0.2) is 8.42 Å². The van der Waals surface area contributed by atoms with Gasteiger partial charge in [-0.1, -0.05) is 12.1 Å². The number of nitrogens with zero attached hydrogens (tertiary/aromatic N) is 1. The number of nitrogens with one attached hydrogen (secondary N) is 1. The fourth-order valence-corrected chi connectivity index (χ4v) is 3.57. The van der Waals surface area contributed by atoms with Crippen molar-refractivity contribution in [1.29, 1.82) is 5.26 Å². The predicted molar refractivity (Wildman–Crippen MR) is 70.3 cm³/mol. The van der Waals surface area contributed by atoms with Gasteiger partial charge < -0.3 is 5.32 Å². The molecule has 0 spiro atoms. The molecule has 0 radical (unpaired) electrons. The molecule has 19 heavy (non-hydrogen) atoms. The number of carbonyl (C=O) groups is 1. The van der Waals surface area contributed by atoms with E-state index < -0.39 is 9.84 Å². The number of nitriles is 1. The van der Waals surface area contributed by atoms with Crippen LogP contribution in [0, 0.1) is 11.3 Å². The zero-order valence-corrected chi connectivity index (χ0v) is 11.1. The number of sulfone groups is 1. The molecule has 6 heteroatoms. The van der Waals surface area contributed by atoms with E-state index in [2.05, 4.69) is 5.32 Å². The highest BCUT2D eigenvalue weighted by Crippen LogP contribution is 2.14. The number of amides is 1. The Morgan fingerprint density at radius 3 is 2.53 bits per heavy atom. The van der Waals surface area contributed by atoms with Crippen molar-refractivity contribution in [2.24, 2.45) is 0 Å². The summed E-state index contributed by atoms with van der Waals surface area (Å²) in [6, 6.07) is 8.40. The molecule has 0 atom stereocenters. The van der Waals surface area contributed by atoms with E-state index in [9.17, 15) is 13.2 Å². The number of carbonyl (C=O) groups excluding carboxylic acids is 1. The van der Waals surface area contributed by atoms with Crippen LogP contribution in [0.2, 0.25) is 0 Å². The van der Waals surface area contributed by atoms with Gasteiger partial charge in [0.05, 0.1) is 28.7 Å². The van der Waals surface area contributed by atoms with Gasteiger partial charge >= 0.3 is 0 Å². The summed E-state index contributed by atoms with van der Waals surface area (Å²) in [6.45, 7) is 0. The van der Waals surface area contributed by atoms with E-state index in [4.69, 9.17) is 5.26 Å². The van der Waals surface area contributed by atoms with Crippen LogP contribution in [0.4, 0.5) is 0 Å². The second-order valence-electron chi connectivity index (χ2n) is 4.56. The lowest BCUT2D eigenvalue weighted by Crippen LogP contribution is -2.41. The molecule has 0 aromatic heterocycles. The predicted octanol–water partition coefficient (Wildman–Crippen LogP) is 0.865. The lowest BCUT2D eigenvalue weighted by Gasteiger charge is -2.23. The van der Waals surface area contributed by atoms with Gasteiger partial charge in [0.25, 0.3) is 5.91 Å². The summed E-state index contributed by atoms with van der Waals surface area (Å²) in [4.78, 5) is 12.0. The van der Waals surface area contributed by atoms with E-state index in [0.717, 1.165) is 0 Å². The molecule has 0 saturated carbocycles. The smallest absolute Gasteiger partial charge is 0.252 e. The molecule has 100 valence electrons. The molecular formula is C13H14N2O3S. The zero-order chi connectivity index (χ0) is 13.9. The second kappa shape index (κ2) is 5.41. The molecule has 2 rings (SSSR count). The van der Waals surface area contributed by atoms with Crippen LogP contribution in [-0.4, -0.2) is 31.9 Å². The van der Waals surface area contributed by atoms with Crippen LogP contribution in [0.3, 0.4) is 0 Å². The number of benzene rings is 1. The summed E-state index contributed by atoms with van der Waals surface area (Å²) < 4.78 is 22.6. The molecule has 0 unspecified atom stereocenters. The quantitative estimate of drug-likeness (QED) is 0.869. The zero-order valence-electron chi connectivity index (χ0n) is 10.3. The Morgan fingerprint density at radius 2 is 1.89 bits per heavy atom. The van der Waals surface area contributed by atoms with Crippen molar-refractivity contribution in [2.75, 3.05) is 11.5 Å². The summed E-state index contributed by atoms with van der Waals surface area (Å²) in [7, 11) is -2.93. The van der Waals surface area contributed by atoms with Crippen molar-refractivity contribution in [2.45, 2.75) is 18.9 Å². The Kier molecular flexibility index (Phi) is 3.86. The molecule has 1 aliphatic rings. The minimum atomic E-state index is -2.93. The standard InChI is InChI=1S/C13H14N2O3S/c14-9-10-3-1-2-4-12(10)13(16)15-11-5-7-19(17,18)8-6-11/h1-4,11H,5-8H2,(H,15,16). The Bertz CT molecular complexity index is 618. The van der Waals surface area contributed by atoms with Crippen LogP contribution >= 0.6 is 0 Å². The molecule has 0 aliphatic carbocycles. The average molecular weight is 278 g/mol. The maximum atomic E-state index is 12.0. The van der Waals surface area contributed by atoms with Crippen LogP contribution in [-0.2, 0) is 9.84 Å². The first-order chi connectivity index (χ1) is 9.02. The van der Waals surface area contributed by atoms with E-state index in [1.165, 1.54) is 0 Å². The molecule has 1 aliphatic heterocycles. The normalized spacial score (nSPS) is 18.5. The first-order valence-corrected chi connectivity index (χ1v) is 7.84. The molecule has 0 bridgehead atoms. The lowest BCUT2D eigenvalue weighted by molar-refractivity contribution is 0.0934. The Morgan fingerprint density at radius 1 is 1.26 bits per heavy atom. The first kappa shape index (κ1) is 13.6. The summed E-state index contributed by atoms with van der Waals surface area (Å²) in [5.41, 5.74) is 0.655. The van der Waals surface area contributed by atoms with E-state index >= 15 is 0 Å². The molecule has 1 fully saturated rings. The van der Waals surface area contributed by atoms with Crippen molar-refractivity contribution in [3.8, 4) is 6.07 Å². The summed E-state index contributed by atoms with van der Waals surface area (Å²) >= 11 is 0. The monoisotopic (exact) mass is 278 g/mol. The topological polar surface area (TPSA) is 87.0 Å². The first-order valence-electron chi connectivity index (χ1n) is 6.02. The Hall–Kier alpha value is -1.87. The molecule has 1 heterocycles. The molecule has 5 nitrogen and oxygen atoms in total. The molecule has 1 N–H and O–H groups in total. The van der Waals surface area contributed by atoms with Crippen LogP contribution in [0.25, 0.3) is 0 Å². The SMILES string of the molecule is N#Cc1ccccc1C(=O)NC1CCS(=O)(=O)CC1. The minimum Gasteiger partial charge on any atom is -0.349 e. The number of hydrogen-bond acceptors (Lipinski definition) is 4. The van der Waals surface area contributed by atoms with Crippen LogP contribution in [0.15, 0.2) is 24.3 Å². The van der Waals surface area contributed by atoms with Crippen LogP contribution in [0.1, 0.15) is 28.8 Å². The molecular weight excluding hydrogens is 264 g/mol. The van der Waals surface area contributed by atoms with E-state index in [0.29, 0.717) is 24.0 Å². The summed E-state index contributed by atoms with van der Waals surface area (Å²) in [5, 5.41) is 11.7. The van der Waals surface area contributed by atoms with E-state index in [1.54, 1.807) is 24.3 Å². The van der Waals surface area contributed by atoms with Gasteiger partial charge in [0, 0.05) is 6.04 Å². The molecule has 1 aromatic rings. The fourth-order valence-electron chi connectivity index (χ4n) is 2.08. The average Bonchev–Trinajstić information content (AvgIpc) is 2.41. The molecule has 1 amide bonds. The highest BCUT2D eigenvalue weighted by atomic mass is 32.2. The summed E-state index contributed by atoms with van der Waals surface area (Å²) in [5.74, 6) is -0.100. The maximum Gasteiger partial charge on any atom is 0.252 e. The van der Waals surface area contributed by atoms with Gasteiger partial charge in [0.1, 0.15) is 9.84 Å². The van der Waals surface area contributed by atoms with Gasteiger partial charge in [-0.3, -0.25) is 4.79 Å². The van der Waals surface area contributed by atoms with Gasteiger partial charge in [0.15, 0.2) is 0 Å². The van der Waals surface area contributed by atoms with Crippen LogP contribution in [0.5, 0.6) is 0 Å². The molecule has 1 saturated heterocycles. The van der Waals surface area contributed by atoms with E-state index in [1.807, 2.05) is 6.07 Å². The maximum absolute atomic E-state index is 12.0. The van der Waals surface area contributed by atoms with Crippen molar-refractivity contribution >= 4 is 15.7 Å². The molecule has 1 aromatic carbocycles. The highest BCUT2D eigenvalue weighted by molar-refractivity contribution is 7.91. The van der Waals surface area contributed by atoms with Gasteiger partial charge in [-0.05, 0) is 25.0 Å². The van der Waals surface area contributed by atoms with Crippen molar-refractivity contribution in [1.82, 2.24) is 5.32 Å². The Labute approximate surface area is 112 Å². The van der Waals surface area contributed by atoms with E-state index in [-0.39, 0.29) is 23.5 Å². The second-order valence-corrected chi connectivity index (χ2v) is 6.86. The largest absolute Gasteiger partial charge is 0.349 e. The van der Waals surface area contributed by atoms with Gasteiger partial charge in [-0.2, -0.15) is 5.26 Å². The third-order valence-electron chi connectivity index (χ3n) is 3.18. The van der Waals surface area contributed by atoms with Gasteiger partial charge in [0.2, 0.25) is 0 Å². The van der Waals surface area contributed by atoms with Crippen LogP contribution < -0.4 is 5.32 Å². The van der Waals surface area contributed by atoms with Gasteiger partial charge in [-0.15, -0.1) is 0 Å². The van der Waals surface area contributed by atoms with Crippen molar-refractivity contribution < 1.29 is 13.2 Å². The highest BCUT2D eigenvalue weighted by Gasteiger charge is 2.25. The van der Waals surface area contributed by atoms with Crippen molar-refractivity contribution in [3.05, 3.63) is 35.4 Å². The summed E-state index contributed by atoms with van der Waals surface area (Å²) in [6.07, 6.45) is 0.867. The number of rotatable bonds is 2. The number of hydrogen-bond donors (Lipinski definition) is 1. The minimum absolute atomic E-state index is 0.109. The fraction of sp³-hybridized carbons (Fsp3) is 0.385.